The average molecular weight is 208 g/mol. The lowest BCUT2D eigenvalue weighted by molar-refractivity contribution is 1.11. The molecule has 2 aromatic carbocycles. The van der Waals surface area contributed by atoms with Crippen molar-refractivity contribution in [1.82, 2.24) is 4.98 Å². The molecule has 0 amide bonds. The fraction of sp³-hybridized carbons (Fsp3) is 0.143. The number of hydrogen-bond acceptors (Lipinski definition) is 1. The molecule has 0 unspecified atom stereocenters. The number of H-pyrrole nitrogens is 1. The predicted molar refractivity (Wildman–Crippen MR) is 68.0 cm³/mol. The molecular weight excluding hydrogens is 196 g/mol. The Labute approximate surface area is 93.3 Å². The summed E-state index contributed by atoms with van der Waals surface area (Å²) >= 11 is 0. The molecule has 0 saturated carbocycles. The fourth-order valence-corrected chi connectivity index (χ4v) is 2.69. The van der Waals surface area contributed by atoms with Crippen molar-refractivity contribution >= 4 is 27.5 Å². The number of para-hydroxylation sites is 1. The number of fused-ring (bicyclic) bond motifs is 5. The molecule has 2 N–H and O–H groups in total. The van der Waals surface area contributed by atoms with Gasteiger partial charge in [0.25, 0.3) is 0 Å². The van der Waals surface area contributed by atoms with Gasteiger partial charge < -0.3 is 10.3 Å². The van der Waals surface area contributed by atoms with Gasteiger partial charge in [0.15, 0.2) is 0 Å². The van der Waals surface area contributed by atoms with E-state index in [1.54, 1.807) is 0 Å². The Bertz CT molecular complexity index is 694. The van der Waals surface area contributed by atoms with Crippen LogP contribution in [0.15, 0.2) is 36.4 Å². The molecule has 0 spiro atoms. The lowest BCUT2D eigenvalue weighted by Crippen LogP contribution is -1.91. The van der Waals surface area contributed by atoms with E-state index in [0.29, 0.717) is 0 Å². The summed E-state index contributed by atoms with van der Waals surface area (Å²) in [6.45, 7) is 1.06. The fourth-order valence-electron chi connectivity index (χ4n) is 2.69. The maximum Gasteiger partial charge on any atom is 0.0703 e. The number of aromatic amines is 1. The predicted octanol–water partition coefficient (Wildman–Crippen LogP) is 3.29. The number of hydrogen-bond donors (Lipinski definition) is 2. The molecule has 2 heterocycles. The third-order valence-electron chi connectivity index (χ3n) is 3.46. The van der Waals surface area contributed by atoms with Crippen LogP contribution in [-0.2, 0) is 6.42 Å². The van der Waals surface area contributed by atoms with E-state index in [4.69, 9.17) is 0 Å². The Morgan fingerprint density at radius 1 is 0.938 bits per heavy atom. The molecular formula is C14H12N2. The van der Waals surface area contributed by atoms with Crippen LogP contribution in [0.1, 0.15) is 5.56 Å². The second kappa shape index (κ2) is 2.79. The maximum atomic E-state index is 3.52. The summed E-state index contributed by atoms with van der Waals surface area (Å²) in [5.41, 5.74) is 5.21. The van der Waals surface area contributed by atoms with E-state index in [2.05, 4.69) is 46.7 Å². The summed E-state index contributed by atoms with van der Waals surface area (Å²) < 4.78 is 0. The molecule has 1 aliphatic rings. The van der Waals surface area contributed by atoms with E-state index >= 15 is 0 Å². The van der Waals surface area contributed by atoms with Crippen molar-refractivity contribution in [2.75, 3.05) is 11.9 Å². The largest absolute Gasteiger partial charge is 0.383 e. The van der Waals surface area contributed by atoms with Crippen LogP contribution in [0.4, 0.5) is 5.69 Å². The van der Waals surface area contributed by atoms with Crippen LogP contribution in [0.2, 0.25) is 0 Å². The molecule has 3 aromatic rings. The van der Waals surface area contributed by atoms with Crippen LogP contribution >= 0.6 is 0 Å². The van der Waals surface area contributed by atoms with Gasteiger partial charge in [-0.15, -0.1) is 0 Å². The van der Waals surface area contributed by atoms with Gasteiger partial charge in [-0.05, 0) is 18.1 Å². The highest BCUT2D eigenvalue weighted by molar-refractivity contribution is 6.11. The highest BCUT2D eigenvalue weighted by Gasteiger charge is 2.15. The van der Waals surface area contributed by atoms with Crippen LogP contribution in [0, 0.1) is 0 Å². The molecule has 0 radical (unpaired) electrons. The van der Waals surface area contributed by atoms with Crippen molar-refractivity contribution in [2.45, 2.75) is 6.42 Å². The molecule has 2 nitrogen and oxygen atoms in total. The number of nitrogens with one attached hydrogen (secondary N) is 2. The second-order valence-electron chi connectivity index (χ2n) is 4.37. The van der Waals surface area contributed by atoms with E-state index in [1.807, 2.05) is 0 Å². The zero-order valence-electron chi connectivity index (χ0n) is 8.88. The first-order valence-electron chi connectivity index (χ1n) is 5.70. The summed E-state index contributed by atoms with van der Waals surface area (Å²) in [7, 11) is 0. The highest BCUT2D eigenvalue weighted by atomic mass is 14.9. The van der Waals surface area contributed by atoms with E-state index in [0.717, 1.165) is 13.0 Å². The van der Waals surface area contributed by atoms with Crippen LogP contribution in [0.3, 0.4) is 0 Å². The van der Waals surface area contributed by atoms with Crippen LogP contribution in [-0.4, -0.2) is 11.5 Å². The summed E-state index contributed by atoms with van der Waals surface area (Å²) in [4.78, 5) is 3.52. The molecule has 0 bridgehead atoms. The van der Waals surface area contributed by atoms with Crippen molar-refractivity contribution in [3.05, 3.63) is 42.0 Å². The van der Waals surface area contributed by atoms with E-state index in [9.17, 15) is 0 Å². The van der Waals surface area contributed by atoms with Crippen LogP contribution < -0.4 is 5.32 Å². The minimum absolute atomic E-state index is 1.06. The minimum Gasteiger partial charge on any atom is -0.383 e. The maximum absolute atomic E-state index is 3.52. The van der Waals surface area contributed by atoms with Crippen LogP contribution in [0.25, 0.3) is 21.8 Å². The smallest absolute Gasteiger partial charge is 0.0703 e. The van der Waals surface area contributed by atoms with Gasteiger partial charge >= 0.3 is 0 Å². The van der Waals surface area contributed by atoms with Crippen molar-refractivity contribution in [3.8, 4) is 0 Å². The van der Waals surface area contributed by atoms with Crippen molar-refractivity contribution < 1.29 is 0 Å². The minimum atomic E-state index is 1.06. The van der Waals surface area contributed by atoms with Gasteiger partial charge in [0.2, 0.25) is 0 Å². The lowest BCUT2D eigenvalue weighted by atomic mass is 10.1. The monoisotopic (exact) mass is 208 g/mol. The zero-order valence-corrected chi connectivity index (χ0v) is 8.88. The zero-order chi connectivity index (χ0) is 10.5. The van der Waals surface area contributed by atoms with Crippen molar-refractivity contribution in [1.29, 1.82) is 0 Å². The van der Waals surface area contributed by atoms with Crippen molar-refractivity contribution in [2.24, 2.45) is 0 Å². The second-order valence-corrected chi connectivity index (χ2v) is 4.37. The standard InChI is InChI=1S/C14H12N2/c1-2-4-12-10(3-1)11-6-5-9-7-8-15-13(9)14(11)16-12/h1-6,15-16H,7-8H2. The molecule has 1 aliphatic heterocycles. The third kappa shape index (κ3) is 0.915. The molecule has 0 atom stereocenters. The summed E-state index contributed by atoms with van der Waals surface area (Å²) in [6.07, 6.45) is 1.14. The van der Waals surface area contributed by atoms with Crippen LogP contribution in [0.5, 0.6) is 0 Å². The normalized spacial score (nSPS) is 14.2. The molecule has 78 valence electrons. The SMILES string of the molecule is c1ccc2c(c1)[nH]c1c3c(ccc12)CCN3. The van der Waals surface area contributed by atoms with Gasteiger partial charge in [0.05, 0.1) is 11.2 Å². The Morgan fingerprint density at radius 2 is 1.88 bits per heavy atom. The third-order valence-corrected chi connectivity index (χ3v) is 3.46. The topological polar surface area (TPSA) is 27.8 Å². The molecule has 0 aliphatic carbocycles. The first-order valence-corrected chi connectivity index (χ1v) is 5.70. The summed E-state index contributed by atoms with van der Waals surface area (Å²) in [5, 5.41) is 6.11. The Kier molecular flexibility index (Phi) is 1.43. The van der Waals surface area contributed by atoms with E-state index in [-0.39, 0.29) is 0 Å². The molecule has 0 saturated heterocycles. The number of anilines is 1. The summed E-state index contributed by atoms with van der Waals surface area (Å²) in [6, 6.07) is 13.0. The number of rotatable bonds is 0. The van der Waals surface area contributed by atoms with Crippen molar-refractivity contribution in [3.63, 3.8) is 0 Å². The molecule has 2 heteroatoms. The van der Waals surface area contributed by atoms with Gasteiger partial charge in [0.1, 0.15) is 0 Å². The quantitative estimate of drug-likeness (QED) is 0.583. The summed E-state index contributed by atoms with van der Waals surface area (Å²) in [5.74, 6) is 0. The molecule has 0 fully saturated rings. The number of benzene rings is 2. The number of aromatic nitrogens is 1. The molecule has 1 aromatic heterocycles. The highest BCUT2D eigenvalue weighted by Crippen LogP contribution is 2.34. The average Bonchev–Trinajstić information content (AvgIpc) is 2.92. The Morgan fingerprint density at radius 3 is 2.88 bits per heavy atom. The molecule has 16 heavy (non-hydrogen) atoms. The van der Waals surface area contributed by atoms with E-state index < -0.39 is 0 Å². The van der Waals surface area contributed by atoms with Gasteiger partial charge in [-0.1, -0.05) is 30.3 Å². The Balaban J connectivity index is 2.24. The van der Waals surface area contributed by atoms with Gasteiger partial charge in [-0.2, -0.15) is 0 Å². The first-order chi connectivity index (χ1) is 7.93. The van der Waals surface area contributed by atoms with Gasteiger partial charge in [-0.25, -0.2) is 0 Å². The van der Waals surface area contributed by atoms with E-state index in [1.165, 1.54) is 33.1 Å². The van der Waals surface area contributed by atoms with Gasteiger partial charge in [-0.3, -0.25) is 0 Å². The Hall–Kier alpha value is -1.96. The van der Waals surface area contributed by atoms with Gasteiger partial charge in [0, 0.05) is 22.8 Å². The lowest BCUT2D eigenvalue weighted by Gasteiger charge is -2.00. The first kappa shape index (κ1) is 8.22. The molecule has 4 rings (SSSR count).